The van der Waals surface area contributed by atoms with E-state index in [9.17, 15) is 14.4 Å². The second kappa shape index (κ2) is 10.6. The molecule has 2 aromatic carbocycles. The summed E-state index contributed by atoms with van der Waals surface area (Å²) in [6.45, 7) is 6.93. The monoisotopic (exact) mass is 486 g/mol. The molecular formula is C24H28N3O6S+. The Kier molecular flexibility index (Phi) is 7.83. The van der Waals surface area contributed by atoms with Crippen molar-refractivity contribution in [1.82, 2.24) is 0 Å². The number of hydrogen-bond donors (Lipinski definition) is 3. The number of anilines is 2. The summed E-state index contributed by atoms with van der Waals surface area (Å²) >= 11 is 3.91. The molecule has 0 saturated heterocycles. The molecule has 2 N–H and O–H groups in total. The fourth-order valence-electron chi connectivity index (χ4n) is 3.61. The van der Waals surface area contributed by atoms with Gasteiger partial charge in [-0.05, 0) is 51.5 Å². The van der Waals surface area contributed by atoms with Crippen LogP contribution in [0, 0.1) is 0 Å². The van der Waals surface area contributed by atoms with Gasteiger partial charge >= 0.3 is 6.09 Å². The van der Waals surface area contributed by atoms with Gasteiger partial charge in [0.05, 0.1) is 17.9 Å². The Labute approximate surface area is 203 Å². The van der Waals surface area contributed by atoms with Crippen LogP contribution in [0.5, 0.6) is 5.75 Å². The van der Waals surface area contributed by atoms with E-state index in [1.54, 1.807) is 30.5 Å². The van der Waals surface area contributed by atoms with Crippen LogP contribution in [-0.4, -0.2) is 35.3 Å². The molecule has 10 heteroatoms. The molecule has 3 rings (SSSR count). The van der Waals surface area contributed by atoms with Crippen molar-refractivity contribution < 1.29 is 32.9 Å². The van der Waals surface area contributed by atoms with Gasteiger partial charge in [-0.15, -0.1) is 0 Å². The Balaban J connectivity index is 1.63. The molecule has 180 valence electrons. The summed E-state index contributed by atoms with van der Waals surface area (Å²) in [6, 6.07) is 10.4. The number of hydrogen-bond acceptors (Lipinski definition) is 7. The lowest BCUT2D eigenvalue weighted by atomic mass is 9.95. The number of ketones is 1. The predicted octanol–water partition coefficient (Wildman–Crippen LogP) is 5.00. The van der Waals surface area contributed by atoms with Crippen LogP contribution in [0.4, 0.5) is 21.9 Å². The van der Waals surface area contributed by atoms with Gasteiger partial charge in [0, 0.05) is 41.5 Å². The Morgan fingerprint density at radius 3 is 2.65 bits per heavy atom. The number of fused-ring (bicyclic) bond motifs is 1. The SMILES string of the molecule is CC(=O)Nc1ccc([N+](=CCCCOc2ccc3c(c2)NC(=O)OC3(C)C)OS)c(C(C)=O)c1. The Morgan fingerprint density at radius 1 is 1.21 bits per heavy atom. The minimum atomic E-state index is -0.708. The lowest BCUT2D eigenvalue weighted by molar-refractivity contribution is -0.672. The van der Waals surface area contributed by atoms with Gasteiger partial charge < -0.3 is 14.8 Å². The summed E-state index contributed by atoms with van der Waals surface area (Å²) < 4.78 is 17.7. The number of rotatable bonds is 9. The van der Waals surface area contributed by atoms with E-state index in [0.29, 0.717) is 47.8 Å². The van der Waals surface area contributed by atoms with Gasteiger partial charge in [0.1, 0.15) is 24.3 Å². The van der Waals surface area contributed by atoms with Crippen molar-refractivity contribution in [3.63, 3.8) is 0 Å². The summed E-state index contributed by atoms with van der Waals surface area (Å²) in [5, 5.41) is 5.36. The Hall–Kier alpha value is -3.53. The van der Waals surface area contributed by atoms with Crippen molar-refractivity contribution >= 4 is 54.0 Å². The molecule has 0 atom stereocenters. The highest BCUT2D eigenvalue weighted by Gasteiger charge is 2.33. The van der Waals surface area contributed by atoms with Gasteiger partial charge in [0.15, 0.2) is 5.78 Å². The molecule has 0 spiro atoms. The van der Waals surface area contributed by atoms with Crippen LogP contribution >= 0.6 is 12.9 Å². The maximum absolute atomic E-state index is 12.1. The molecule has 0 unspecified atom stereocenters. The average molecular weight is 487 g/mol. The second-order valence-corrected chi connectivity index (χ2v) is 8.45. The molecule has 9 nitrogen and oxygen atoms in total. The van der Waals surface area contributed by atoms with Crippen molar-refractivity contribution in [1.29, 1.82) is 0 Å². The first-order valence-electron chi connectivity index (χ1n) is 10.7. The summed E-state index contributed by atoms with van der Waals surface area (Å²) in [4.78, 5) is 35.2. The van der Waals surface area contributed by atoms with Crippen LogP contribution in [0.1, 0.15) is 56.5 Å². The largest absolute Gasteiger partial charge is 0.494 e. The number of ether oxygens (including phenoxy) is 2. The molecule has 0 radical (unpaired) electrons. The number of nitrogens with zero attached hydrogens (tertiary/aromatic N) is 1. The quantitative estimate of drug-likeness (QED) is 0.0877. The number of carbonyl (C=O) groups excluding carboxylic acids is 3. The molecule has 0 fully saturated rings. The molecule has 1 aliphatic heterocycles. The Bertz CT molecular complexity index is 1150. The molecule has 0 aliphatic carbocycles. The molecule has 2 aromatic rings. The zero-order valence-electron chi connectivity index (χ0n) is 19.5. The predicted molar refractivity (Wildman–Crippen MR) is 131 cm³/mol. The summed E-state index contributed by atoms with van der Waals surface area (Å²) in [5.41, 5.74) is 2.24. The van der Waals surface area contributed by atoms with E-state index >= 15 is 0 Å². The van der Waals surface area contributed by atoms with Gasteiger partial charge in [0.25, 0.3) is 5.69 Å². The third-order valence-corrected chi connectivity index (χ3v) is 5.33. The maximum Gasteiger partial charge on any atom is 0.412 e. The first-order chi connectivity index (χ1) is 16.1. The lowest BCUT2D eigenvalue weighted by Crippen LogP contribution is -2.34. The molecule has 34 heavy (non-hydrogen) atoms. The summed E-state index contributed by atoms with van der Waals surface area (Å²) in [6.07, 6.45) is 2.49. The normalized spacial score (nSPS) is 14.4. The second-order valence-electron chi connectivity index (χ2n) is 8.28. The first-order valence-corrected chi connectivity index (χ1v) is 11.1. The lowest BCUT2D eigenvalue weighted by Gasteiger charge is -2.32. The van der Waals surface area contributed by atoms with E-state index < -0.39 is 11.7 Å². The van der Waals surface area contributed by atoms with Crippen LogP contribution in [0.2, 0.25) is 0 Å². The number of benzene rings is 2. The van der Waals surface area contributed by atoms with E-state index in [2.05, 4.69) is 23.5 Å². The number of nitrogens with one attached hydrogen (secondary N) is 2. The molecule has 0 bridgehead atoms. The third kappa shape index (κ3) is 6.07. The molecule has 1 heterocycles. The topological polar surface area (TPSA) is 106 Å². The van der Waals surface area contributed by atoms with E-state index in [4.69, 9.17) is 13.8 Å². The highest BCUT2D eigenvalue weighted by molar-refractivity contribution is 7.74. The van der Waals surface area contributed by atoms with Crippen LogP contribution in [0.3, 0.4) is 0 Å². The fraction of sp³-hybridized carbons (Fsp3) is 0.333. The number of cyclic esters (lactones) is 1. The highest BCUT2D eigenvalue weighted by atomic mass is 32.1. The average Bonchev–Trinajstić information content (AvgIpc) is 2.75. The molecule has 0 aromatic heterocycles. The Morgan fingerprint density at radius 2 is 1.97 bits per heavy atom. The third-order valence-electron chi connectivity index (χ3n) is 5.16. The zero-order valence-corrected chi connectivity index (χ0v) is 20.4. The zero-order chi connectivity index (χ0) is 24.9. The standard InChI is InChI=1S/C24H27N3O6S/c1-15(28)19-13-17(25-16(2)29)7-10-22(19)27(33-34)11-5-6-12-31-18-8-9-20-21(14-18)26-23(30)32-24(20,3)4/h7-11,13-14H,5-6,12H2,1-4H3,(H2-,25,26,29,30,34)/p+1. The van der Waals surface area contributed by atoms with E-state index in [-0.39, 0.29) is 11.7 Å². The number of carbonyl (C=O) groups is 3. The smallest absolute Gasteiger partial charge is 0.412 e. The van der Waals surface area contributed by atoms with Gasteiger partial charge in [-0.1, -0.05) is 0 Å². The number of Topliss-reactive ketones (excluding diaryl/α,β-unsaturated/α-hetero) is 1. The van der Waals surface area contributed by atoms with E-state index in [1.165, 1.54) is 18.6 Å². The van der Waals surface area contributed by atoms with Crippen LogP contribution in [0.15, 0.2) is 36.4 Å². The van der Waals surface area contributed by atoms with Crippen molar-refractivity contribution in [2.45, 2.75) is 46.1 Å². The summed E-state index contributed by atoms with van der Waals surface area (Å²) in [5.74, 6) is 0.225. The van der Waals surface area contributed by atoms with Gasteiger partial charge in [-0.2, -0.15) is 4.28 Å². The van der Waals surface area contributed by atoms with Crippen LogP contribution < -0.4 is 15.4 Å². The number of unbranched alkanes of at least 4 members (excludes halogenated alkanes) is 1. The first kappa shape index (κ1) is 25.1. The number of thiol groups is 1. The molecule has 1 aliphatic rings. The van der Waals surface area contributed by atoms with Crippen LogP contribution in [0.25, 0.3) is 0 Å². The molecular weight excluding hydrogens is 458 g/mol. The summed E-state index contributed by atoms with van der Waals surface area (Å²) in [7, 11) is 0. The van der Waals surface area contributed by atoms with Gasteiger partial charge in [0.2, 0.25) is 12.1 Å². The molecule has 2 amide bonds. The van der Waals surface area contributed by atoms with Crippen molar-refractivity contribution in [3.05, 3.63) is 47.5 Å². The fourth-order valence-corrected chi connectivity index (χ4v) is 3.77. The van der Waals surface area contributed by atoms with Crippen molar-refractivity contribution in [2.75, 3.05) is 17.2 Å². The van der Waals surface area contributed by atoms with Crippen LogP contribution in [-0.2, 0) is 19.4 Å². The highest BCUT2D eigenvalue weighted by Crippen LogP contribution is 2.37. The molecule has 0 saturated carbocycles. The van der Waals surface area contributed by atoms with Crippen molar-refractivity contribution in [3.8, 4) is 5.75 Å². The van der Waals surface area contributed by atoms with Gasteiger partial charge in [-0.3, -0.25) is 14.9 Å². The van der Waals surface area contributed by atoms with E-state index in [0.717, 1.165) is 5.56 Å². The minimum Gasteiger partial charge on any atom is -0.494 e. The van der Waals surface area contributed by atoms with Gasteiger partial charge in [-0.25, -0.2) is 4.79 Å². The van der Waals surface area contributed by atoms with Crippen molar-refractivity contribution in [2.24, 2.45) is 0 Å². The van der Waals surface area contributed by atoms with E-state index in [1.807, 2.05) is 26.0 Å². The maximum atomic E-state index is 12.1. The number of amides is 2. The minimum absolute atomic E-state index is 0.178.